The minimum Gasteiger partial charge on any atom is -0.481 e. The van der Waals surface area contributed by atoms with Gasteiger partial charge in [-0.1, -0.05) is 77.1 Å². The molecule has 0 saturated heterocycles. The van der Waals surface area contributed by atoms with E-state index in [0.29, 0.717) is 18.4 Å². The summed E-state index contributed by atoms with van der Waals surface area (Å²) < 4.78 is 0. The number of carboxylic acids is 3. The lowest BCUT2D eigenvalue weighted by atomic mass is 9.82. The van der Waals surface area contributed by atoms with Gasteiger partial charge in [-0.2, -0.15) is 0 Å². The number of aromatic carboxylic acids is 2. The molecule has 0 saturated carbocycles. The van der Waals surface area contributed by atoms with Crippen LogP contribution in [0.15, 0.2) is 48.5 Å². The lowest BCUT2D eigenvalue weighted by Crippen LogP contribution is -2.36. The van der Waals surface area contributed by atoms with E-state index in [4.69, 9.17) is 15.3 Å². The van der Waals surface area contributed by atoms with E-state index in [1.54, 1.807) is 12.1 Å². The zero-order valence-electron chi connectivity index (χ0n) is 21.1. The molecule has 0 aliphatic carbocycles. The molecule has 0 bridgehead atoms. The number of carboxylic acid groups (broad SMARTS) is 3. The van der Waals surface area contributed by atoms with E-state index in [1.165, 1.54) is 6.07 Å². The lowest BCUT2D eigenvalue weighted by molar-refractivity contribution is -0.137. The summed E-state index contributed by atoms with van der Waals surface area (Å²) in [5.74, 6) is -2.95. The quantitative estimate of drug-likeness (QED) is 0.343. The van der Waals surface area contributed by atoms with Crippen molar-refractivity contribution in [3.63, 3.8) is 0 Å². The molecule has 8 heteroatoms. The molecule has 0 aliphatic rings. The smallest absolute Gasteiger partial charge is 0.336 e. The Balaban J connectivity index is 0.000000606. The minimum atomic E-state index is -1.23. The molecule has 35 heavy (non-hydrogen) atoms. The summed E-state index contributed by atoms with van der Waals surface area (Å²) >= 11 is 0. The molecule has 2 aromatic rings. The summed E-state index contributed by atoms with van der Waals surface area (Å²) in [6.07, 6.45) is 0.997. The molecule has 2 aromatic carbocycles. The highest BCUT2D eigenvalue weighted by Crippen LogP contribution is 2.24. The Morgan fingerprint density at radius 3 is 1.80 bits per heavy atom. The van der Waals surface area contributed by atoms with Crippen LogP contribution in [0.3, 0.4) is 0 Å². The first-order valence-electron chi connectivity index (χ1n) is 11.4. The molecule has 0 radical (unpaired) electrons. The third-order valence-electron chi connectivity index (χ3n) is 5.14. The molecular weight excluding hydrogens is 452 g/mol. The van der Waals surface area contributed by atoms with Crippen LogP contribution in [-0.2, 0) is 11.2 Å². The van der Waals surface area contributed by atoms with Crippen LogP contribution in [-0.4, -0.2) is 56.2 Å². The number of carbonyl (C=O) groups is 3. The third kappa shape index (κ3) is 11.6. The Labute approximate surface area is 206 Å². The zero-order valence-corrected chi connectivity index (χ0v) is 21.1. The van der Waals surface area contributed by atoms with Crippen molar-refractivity contribution < 1.29 is 39.9 Å². The van der Waals surface area contributed by atoms with Crippen molar-refractivity contribution in [3.8, 4) is 0 Å². The van der Waals surface area contributed by atoms with Crippen LogP contribution in [0.1, 0.15) is 79.3 Å². The first-order valence-corrected chi connectivity index (χ1v) is 11.4. The van der Waals surface area contributed by atoms with Gasteiger partial charge in [0, 0.05) is 11.8 Å². The molecule has 194 valence electrons. The summed E-state index contributed by atoms with van der Waals surface area (Å²) in [4.78, 5) is 31.9. The van der Waals surface area contributed by atoms with Gasteiger partial charge in [0.15, 0.2) is 0 Å². The van der Waals surface area contributed by atoms with E-state index in [2.05, 4.69) is 0 Å². The molecule has 1 atom stereocenters. The van der Waals surface area contributed by atoms with Gasteiger partial charge in [0.05, 0.1) is 23.8 Å². The van der Waals surface area contributed by atoms with E-state index in [9.17, 15) is 24.6 Å². The number of hydrogen-bond acceptors (Lipinski definition) is 5. The van der Waals surface area contributed by atoms with Crippen LogP contribution in [0, 0.1) is 11.3 Å². The van der Waals surface area contributed by atoms with Crippen molar-refractivity contribution in [1.29, 1.82) is 0 Å². The maximum atomic E-state index is 11.3. The van der Waals surface area contributed by atoms with Gasteiger partial charge >= 0.3 is 17.9 Å². The van der Waals surface area contributed by atoms with Crippen LogP contribution in [0.2, 0.25) is 0 Å². The van der Waals surface area contributed by atoms with E-state index in [0.717, 1.165) is 12.0 Å². The van der Waals surface area contributed by atoms with Crippen molar-refractivity contribution in [2.45, 2.75) is 60.0 Å². The molecule has 0 aromatic heterocycles. The van der Waals surface area contributed by atoms with Gasteiger partial charge < -0.3 is 25.5 Å². The molecule has 0 heterocycles. The first-order chi connectivity index (χ1) is 16.3. The van der Waals surface area contributed by atoms with Gasteiger partial charge in [0.25, 0.3) is 0 Å². The molecule has 0 aliphatic heterocycles. The summed E-state index contributed by atoms with van der Waals surface area (Å²) in [5.41, 5.74) is 0.750. The molecule has 2 rings (SSSR count). The van der Waals surface area contributed by atoms with E-state index in [1.807, 2.05) is 65.0 Å². The van der Waals surface area contributed by atoms with Crippen molar-refractivity contribution in [3.05, 3.63) is 70.8 Å². The fourth-order valence-electron chi connectivity index (χ4n) is 3.20. The van der Waals surface area contributed by atoms with Gasteiger partial charge in [0.1, 0.15) is 0 Å². The highest BCUT2D eigenvalue weighted by Gasteiger charge is 2.29. The molecule has 1 unspecified atom stereocenters. The largest absolute Gasteiger partial charge is 0.481 e. The molecule has 8 nitrogen and oxygen atoms in total. The zero-order chi connectivity index (χ0) is 27.2. The second kappa shape index (κ2) is 15.6. The van der Waals surface area contributed by atoms with E-state index in [-0.39, 0.29) is 29.1 Å². The van der Waals surface area contributed by atoms with Gasteiger partial charge in [-0.05, 0) is 36.0 Å². The standard InChI is InChI=1S/C15H12O4.C8H18O2.C4H8O2/c16-14(17)12-8-4-7-11(13(12)15(18)19)9-10-5-2-1-3-6-10;1-6(2)7(10)8(3,4)5-9;1-2-3-4(5)6/h1-8H,9H2,(H,16,17)(H,18,19);6-7,9-10H,5H2,1-4H3;2-3H2,1H3,(H,5,6). The summed E-state index contributed by atoms with van der Waals surface area (Å²) in [5, 5.41) is 44.5. The van der Waals surface area contributed by atoms with Gasteiger partial charge in [-0.15, -0.1) is 0 Å². The SMILES string of the molecule is CC(C)C(O)C(C)(C)CO.CCCC(=O)O.O=C(O)c1cccc(Cc2ccccc2)c1C(=O)O. The van der Waals surface area contributed by atoms with Crippen LogP contribution in [0.4, 0.5) is 0 Å². The molecule has 5 N–H and O–H groups in total. The minimum absolute atomic E-state index is 0.0341. The number of rotatable bonds is 9. The maximum absolute atomic E-state index is 11.3. The van der Waals surface area contributed by atoms with Crippen molar-refractivity contribution in [1.82, 2.24) is 0 Å². The summed E-state index contributed by atoms with van der Waals surface area (Å²) in [7, 11) is 0. The number of benzene rings is 2. The lowest BCUT2D eigenvalue weighted by Gasteiger charge is -2.30. The van der Waals surface area contributed by atoms with Crippen LogP contribution in [0.5, 0.6) is 0 Å². The second-order valence-electron chi connectivity index (χ2n) is 9.09. The Morgan fingerprint density at radius 1 is 0.886 bits per heavy atom. The second-order valence-corrected chi connectivity index (χ2v) is 9.09. The number of aliphatic carboxylic acids is 1. The van der Waals surface area contributed by atoms with Gasteiger partial charge in [-0.25, -0.2) is 9.59 Å². The molecule has 0 spiro atoms. The van der Waals surface area contributed by atoms with E-state index >= 15 is 0 Å². The highest BCUT2D eigenvalue weighted by molar-refractivity contribution is 6.02. The van der Waals surface area contributed by atoms with Gasteiger partial charge in [0.2, 0.25) is 0 Å². The number of hydrogen-bond donors (Lipinski definition) is 5. The topological polar surface area (TPSA) is 152 Å². The highest BCUT2D eigenvalue weighted by atomic mass is 16.4. The van der Waals surface area contributed by atoms with Crippen LogP contribution in [0.25, 0.3) is 0 Å². The third-order valence-corrected chi connectivity index (χ3v) is 5.14. The van der Waals surface area contributed by atoms with Crippen molar-refractivity contribution >= 4 is 17.9 Å². The maximum Gasteiger partial charge on any atom is 0.336 e. The van der Waals surface area contributed by atoms with Crippen molar-refractivity contribution in [2.24, 2.45) is 11.3 Å². The summed E-state index contributed by atoms with van der Waals surface area (Å²) in [6.45, 7) is 9.49. The Hall–Kier alpha value is -3.23. The predicted molar refractivity (Wildman–Crippen MR) is 134 cm³/mol. The van der Waals surface area contributed by atoms with Crippen molar-refractivity contribution in [2.75, 3.05) is 6.61 Å². The van der Waals surface area contributed by atoms with Crippen LogP contribution < -0.4 is 0 Å². The number of aliphatic hydroxyl groups is 2. The van der Waals surface area contributed by atoms with Gasteiger partial charge in [-0.3, -0.25) is 4.79 Å². The fourth-order valence-corrected chi connectivity index (χ4v) is 3.20. The summed E-state index contributed by atoms with van der Waals surface area (Å²) in [6, 6.07) is 13.8. The average molecular weight is 491 g/mol. The normalized spacial score (nSPS) is 11.4. The average Bonchev–Trinajstić information content (AvgIpc) is 2.79. The molecule has 0 fully saturated rings. The van der Waals surface area contributed by atoms with E-state index < -0.39 is 24.0 Å². The van der Waals surface area contributed by atoms with Crippen LogP contribution >= 0.6 is 0 Å². The Kier molecular flexibility index (Phi) is 14.2. The Bertz CT molecular complexity index is 935. The Morgan fingerprint density at radius 2 is 1.46 bits per heavy atom. The molecular formula is C27H38O8. The first kappa shape index (κ1) is 31.8. The fraction of sp³-hybridized carbons (Fsp3) is 0.444. The number of aliphatic hydroxyl groups excluding tert-OH is 2. The molecule has 0 amide bonds. The monoisotopic (exact) mass is 490 g/mol. The predicted octanol–water partition coefficient (Wildman–Crippen LogP) is 4.57.